The highest BCUT2D eigenvalue weighted by atomic mass is 35.5. The third-order valence-corrected chi connectivity index (χ3v) is 3.12. The molecule has 0 aliphatic carbocycles. The van der Waals surface area contributed by atoms with Gasteiger partial charge in [0.1, 0.15) is 5.75 Å². The molecule has 18 heavy (non-hydrogen) atoms. The van der Waals surface area contributed by atoms with E-state index in [1.54, 1.807) is 30.7 Å². The van der Waals surface area contributed by atoms with Crippen LogP contribution in [-0.4, -0.2) is 20.7 Å². The second kappa shape index (κ2) is 5.89. The number of hydrogen-bond donors (Lipinski definition) is 2. The number of phenolic OH excluding ortho intramolecular Hbond substituents is 1. The van der Waals surface area contributed by atoms with E-state index in [0.717, 1.165) is 12.1 Å². The Hall–Kier alpha value is -1.52. The number of halogens is 1. The van der Waals surface area contributed by atoms with Crippen LogP contribution in [-0.2, 0) is 13.1 Å². The van der Waals surface area contributed by atoms with Crippen LogP contribution in [0.1, 0.15) is 12.5 Å². The summed E-state index contributed by atoms with van der Waals surface area (Å²) in [6.07, 6.45) is 5.46. The first-order valence-electron chi connectivity index (χ1n) is 5.82. The standard InChI is InChI=1S/C13H16ClN3O/c1-10(8-17-6-5-15-9-17)16-7-11-12(14)3-2-4-13(11)18/h2-6,9-10,16,18H,7-8H2,1H3. The molecule has 0 radical (unpaired) electrons. The molecule has 0 saturated carbocycles. The SMILES string of the molecule is CC(Cn1ccnc1)NCc1c(O)cccc1Cl. The lowest BCUT2D eigenvalue weighted by Crippen LogP contribution is -2.29. The molecule has 96 valence electrons. The van der Waals surface area contributed by atoms with Crippen molar-refractivity contribution in [2.45, 2.75) is 26.1 Å². The summed E-state index contributed by atoms with van der Waals surface area (Å²) >= 11 is 6.04. The van der Waals surface area contributed by atoms with Crippen molar-refractivity contribution in [2.75, 3.05) is 0 Å². The van der Waals surface area contributed by atoms with Crippen molar-refractivity contribution in [3.63, 3.8) is 0 Å². The van der Waals surface area contributed by atoms with E-state index in [9.17, 15) is 5.11 Å². The summed E-state index contributed by atoms with van der Waals surface area (Å²) in [5.74, 6) is 0.227. The van der Waals surface area contributed by atoms with Crippen LogP contribution >= 0.6 is 11.6 Å². The summed E-state index contributed by atoms with van der Waals surface area (Å²) in [6, 6.07) is 5.41. The molecule has 5 heteroatoms. The largest absolute Gasteiger partial charge is 0.508 e. The quantitative estimate of drug-likeness (QED) is 0.873. The molecule has 0 fully saturated rings. The van der Waals surface area contributed by atoms with E-state index >= 15 is 0 Å². The topological polar surface area (TPSA) is 50.1 Å². The second-order valence-electron chi connectivity index (χ2n) is 4.28. The minimum absolute atomic E-state index is 0.227. The van der Waals surface area contributed by atoms with Crippen LogP contribution < -0.4 is 5.32 Å². The zero-order valence-electron chi connectivity index (χ0n) is 10.2. The first-order chi connectivity index (χ1) is 8.66. The molecule has 0 aliphatic heterocycles. The average molecular weight is 266 g/mol. The number of aromatic nitrogens is 2. The van der Waals surface area contributed by atoms with Crippen molar-refractivity contribution >= 4 is 11.6 Å². The Morgan fingerprint density at radius 3 is 3.00 bits per heavy atom. The zero-order chi connectivity index (χ0) is 13.0. The molecule has 2 N–H and O–H groups in total. The van der Waals surface area contributed by atoms with Gasteiger partial charge in [-0.25, -0.2) is 4.98 Å². The van der Waals surface area contributed by atoms with E-state index < -0.39 is 0 Å². The number of imidazole rings is 1. The number of phenols is 1. The van der Waals surface area contributed by atoms with Crippen LogP contribution in [0.15, 0.2) is 36.9 Å². The van der Waals surface area contributed by atoms with E-state index in [-0.39, 0.29) is 11.8 Å². The van der Waals surface area contributed by atoms with E-state index in [1.807, 2.05) is 10.8 Å². The minimum Gasteiger partial charge on any atom is -0.508 e. The molecule has 2 aromatic rings. The molecule has 0 aliphatic rings. The molecule has 2 rings (SSSR count). The van der Waals surface area contributed by atoms with Gasteiger partial charge in [0.15, 0.2) is 0 Å². The van der Waals surface area contributed by atoms with Crippen molar-refractivity contribution in [3.8, 4) is 5.75 Å². The summed E-state index contributed by atoms with van der Waals surface area (Å²) in [7, 11) is 0. The molecule has 4 nitrogen and oxygen atoms in total. The van der Waals surface area contributed by atoms with E-state index in [2.05, 4.69) is 17.2 Å². The molecule has 1 atom stereocenters. The minimum atomic E-state index is 0.227. The first-order valence-corrected chi connectivity index (χ1v) is 6.20. The number of hydrogen-bond acceptors (Lipinski definition) is 3. The maximum absolute atomic E-state index is 9.72. The Morgan fingerprint density at radius 2 is 2.33 bits per heavy atom. The lowest BCUT2D eigenvalue weighted by molar-refractivity contribution is 0.446. The Morgan fingerprint density at radius 1 is 1.50 bits per heavy atom. The number of nitrogens with one attached hydrogen (secondary N) is 1. The third kappa shape index (κ3) is 3.24. The van der Waals surface area contributed by atoms with E-state index in [0.29, 0.717) is 11.6 Å². The summed E-state index contributed by atoms with van der Waals surface area (Å²) in [5, 5.41) is 13.6. The molecular weight excluding hydrogens is 250 g/mol. The summed E-state index contributed by atoms with van der Waals surface area (Å²) in [6.45, 7) is 3.44. The second-order valence-corrected chi connectivity index (χ2v) is 4.69. The van der Waals surface area contributed by atoms with Crippen molar-refractivity contribution in [1.29, 1.82) is 0 Å². The van der Waals surface area contributed by atoms with Gasteiger partial charge in [-0.2, -0.15) is 0 Å². The highest BCUT2D eigenvalue weighted by molar-refractivity contribution is 6.31. The summed E-state index contributed by atoms with van der Waals surface area (Å²) in [5.41, 5.74) is 0.733. The van der Waals surface area contributed by atoms with Gasteiger partial charge in [-0.3, -0.25) is 0 Å². The third-order valence-electron chi connectivity index (χ3n) is 2.77. The maximum Gasteiger partial charge on any atom is 0.121 e. The Balaban J connectivity index is 1.91. The predicted octanol–water partition coefficient (Wildman–Crippen LogP) is 2.42. The first kappa shape index (κ1) is 12.9. The number of nitrogens with zero attached hydrogens (tertiary/aromatic N) is 2. The number of benzene rings is 1. The molecule has 0 amide bonds. The molecular formula is C13H16ClN3O. The highest BCUT2D eigenvalue weighted by Crippen LogP contribution is 2.24. The van der Waals surface area contributed by atoms with Crippen LogP contribution in [0, 0.1) is 0 Å². The number of aromatic hydroxyl groups is 1. The Labute approximate surface area is 111 Å². The van der Waals surface area contributed by atoms with Crippen molar-refractivity contribution in [3.05, 3.63) is 47.5 Å². The maximum atomic E-state index is 9.72. The molecule has 1 unspecified atom stereocenters. The fourth-order valence-electron chi connectivity index (χ4n) is 1.77. The van der Waals surface area contributed by atoms with Crippen LogP contribution in [0.3, 0.4) is 0 Å². The van der Waals surface area contributed by atoms with Crippen molar-refractivity contribution in [2.24, 2.45) is 0 Å². The fourth-order valence-corrected chi connectivity index (χ4v) is 2.01. The molecule has 1 aromatic heterocycles. The average Bonchev–Trinajstić information content (AvgIpc) is 2.81. The summed E-state index contributed by atoms with van der Waals surface area (Å²) < 4.78 is 2.00. The summed E-state index contributed by atoms with van der Waals surface area (Å²) in [4.78, 5) is 4.00. The van der Waals surface area contributed by atoms with Gasteiger partial charge in [0.25, 0.3) is 0 Å². The van der Waals surface area contributed by atoms with Gasteiger partial charge in [0.2, 0.25) is 0 Å². The lowest BCUT2D eigenvalue weighted by Gasteiger charge is -2.15. The zero-order valence-corrected chi connectivity index (χ0v) is 10.9. The fraction of sp³-hybridized carbons (Fsp3) is 0.308. The van der Waals surface area contributed by atoms with Gasteiger partial charge in [-0.1, -0.05) is 17.7 Å². The Kier molecular flexibility index (Phi) is 4.23. The van der Waals surface area contributed by atoms with Crippen LogP contribution in [0.5, 0.6) is 5.75 Å². The van der Waals surface area contributed by atoms with Gasteiger partial charge in [-0.05, 0) is 19.1 Å². The van der Waals surface area contributed by atoms with Gasteiger partial charge in [0.05, 0.1) is 6.33 Å². The smallest absolute Gasteiger partial charge is 0.121 e. The van der Waals surface area contributed by atoms with E-state index in [4.69, 9.17) is 11.6 Å². The molecule has 0 saturated heterocycles. The van der Waals surface area contributed by atoms with Crippen LogP contribution in [0.25, 0.3) is 0 Å². The van der Waals surface area contributed by atoms with Crippen LogP contribution in [0.4, 0.5) is 0 Å². The monoisotopic (exact) mass is 265 g/mol. The van der Waals surface area contributed by atoms with Crippen molar-refractivity contribution in [1.82, 2.24) is 14.9 Å². The molecule has 1 heterocycles. The molecule has 1 aromatic carbocycles. The number of rotatable bonds is 5. The van der Waals surface area contributed by atoms with E-state index in [1.165, 1.54) is 0 Å². The lowest BCUT2D eigenvalue weighted by atomic mass is 10.2. The van der Waals surface area contributed by atoms with Crippen molar-refractivity contribution < 1.29 is 5.11 Å². The van der Waals surface area contributed by atoms with Gasteiger partial charge >= 0.3 is 0 Å². The normalized spacial score (nSPS) is 12.6. The van der Waals surface area contributed by atoms with Crippen LogP contribution in [0.2, 0.25) is 5.02 Å². The highest BCUT2D eigenvalue weighted by Gasteiger charge is 2.08. The molecule has 0 spiro atoms. The van der Waals surface area contributed by atoms with Gasteiger partial charge in [-0.15, -0.1) is 0 Å². The van der Waals surface area contributed by atoms with Gasteiger partial charge in [0, 0.05) is 42.1 Å². The van der Waals surface area contributed by atoms with Gasteiger partial charge < -0.3 is 15.0 Å². The predicted molar refractivity (Wildman–Crippen MR) is 71.6 cm³/mol. The Bertz CT molecular complexity index is 479. The molecule has 0 bridgehead atoms.